The Balaban J connectivity index is 3.45. The zero-order chi connectivity index (χ0) is 8.36. The number of aliphatic hydroxyl groups is 1. The van der Waals surface area contributed by atoms with Gasteiger partial charge in [-0.25, -0.2) is 0 Å². The number of allylic oxidation sites excluding steroid dienone is 2. The number of hydrogen-bond acceptors (Lipinski definition) is 1. The summed E-state index contributed by atoms with van der Waals surface area (Å²) in [5.41, 5.74) is 0. The second-order valence-corrected chi connectivity index (χ2v) is 1.79. The molecule has 0 bridgehead atoms. The summed E-state index contributed by atoms with van der Waals surface area (Å²) in [5.74, 6) is 11.1. The molecule has 0 saturated heterocycles. The monoisotopic (exact) mass is 148 g/mol. The molecule has 1 nitrogen and oxygen atoms in total. The fourth-order valence-electron chi connectivity index (χ4n) is 0.479. The molecular weight excluding hydrogens is 136 g/mol. The van der Waals surface area contributed by atoms with Crippen LogP contribution in [0.15, 0.2) is 12.2 Å². The first kappa shape index (κ1) is 9.82. The van der Waals surface area contributed by atoms with Crippen LogP contribution in [-0.2, 0) is 0 Å². The largest absolute Gasteiger partial charge is 0.384 e. The Morgan fingerprint density at radius 3 is 2.73 bits per heavy atom. The highest BCUT2D eigenvalue weighted by atomic mass is 16.2. The van der Waals surface area contributed by atoms with Crippen molar-refractivity contribution in [3.8, 4) is 23.7 Å². The molecule has 1 heteroatoms. The molecule has 0 amide bonds. The van der Waals surface area contributed by atoms with Crippen LogP contribution in [0.1, 0.15) is 19.8 Å². The van der Waals surface area contributed by atoms with Crippen molar-refractivity contribution in [2.24, 2.45) is 0 Å². The van der Waals surface area contributed by atoms with Gasteiger partial charge in [0.25, 0.3) is 0 Å². The molecule has 0 aliphatic heterocycles. The van der Waals surface area contributed by atoms with Crippen LogP contribution in [0, 0.1) is 23.7 Å². The molecule has 0 aromatic heterocycles. The predicted molar refractivity (Wildman–Crippen MR) is 46.7 cm³/mol. The first-order valence-electron chi connectivity index (χ1n) is 3.61. The summed E-state index contributed by atoms with van der Waals surface area (Å²) in [4.78, 5) is 0. The van der Waals surface area contributed by atoms with E-state index in [0.717, 1.165) is 12.8 Å². The third-order valence-electron chi connectivity index (χ3n) is 0.904. The average molecular weight is 148 g/mol. The molecule has 0 aromatic rings. The molecule has 0 unspecified atom stereocenters. The zero-order valence-corrected chi connectivity index (χ0v) is 6.72. The van der Waals surface area contributed by atoms with Gasteiger partial charge in [0, 0.05) is 12.8 Å². The van der Waals surface area contributed by atoms with E-state index >= 15 is 0 Å². The summed E-state index contributed by atoms with van der Waals surface area (Å²) < 4.78 is 0. The van der Waals surface area contributed by atoms with Crippen LogP contribution in [0.2, 0.25) is 0 Å². The zero-order valence-electron chi connectivity index (χ0n) is 6.72. The molecule has 0 aromatic carbocycles. The lowest BCUT2D eigenvalue weighted by molar-refractivity contribution is 0.350. The van der Waals surface area contributed by atoms with Crippen molar-refractivity contribution in [3.05, 3.63) is 12.2 Å². The highest BCUT2D eigenvalue weighted by Gasteiger charge is 1.65. The van der Waals surface area contributed by atoms with E-state index < -0.39 is 0 Å². The molecule has 0 atom stereocenters. The van der Waals surface area contributed by atoms with Gasteiger partial charge in [0.05, 0.1) is 0 Å². The van der Waals surface area contributed by atoms with Gasteiger partial charge < -0.3 is 5.11 Å². The van der Waals surface area contributed by atoms with E-state index in [-0.39, 0.29) is 6.61 Å². The summed E-state index contributed by atoms with van der Waals surface area (Å²) in [6, 6.07) is 0. The van der Waals surface area contributed by atoms with Crippen molar-refractivity contribution in [1.29, 1.82) is 0 Å². The maximum Gasteiger partial charge on any atom is 0.104 e. The van der Waals surface area contributed by atoms with Crippen molar-refractivity contribution >= 4 is 0 Å². The van der Waals surface area contributed by atoms with Gasteiger partial charge in [-0.15, -0.1) is 5.92 Å². The van der Waals surface area contributed by atoms with E-state index in [2.05, 4.69) is 23.7 Å². The molecule has 58 valence electrons. The van der Waals surface area contributed by atoms with Crippen molar-refractivity contribution in [2.45, 2.75) is 19.8 Å². The van der Waals surface area contributed by atoms with E-state index in [1.165, 1.54) is 0 Å². The van der Waals surface area contributed by atoms with Gasteiger partial charge in [-0.2, -0.15) is 0 Å². The fourth-order valence-corrected chi connectivity index (χ4v) is 0.479. The van der Waals surface area contributed by atoms with Crippen molar-refractivity contribution < 1.29 is 5.11 Å². The Morgan fingerprint density at radius 1 is 1.27 bits per heavy atom. The second kappa shape index (κ2) is 8.82. The van der Waals surface area contributed by atoms with Crippen molar-refractivity contribution in [3.63, 3.8) is 0 Å². The maximum atomic E-state index is 8.27. The Hall–Kier alpha value is -1.18. The topological polar surface area (TPSA) is 20.2 Å². The van der Waals surface area contributed by atoms with Gasteiger partial charge >= 0.3 is 0 Å². The smallest absolute Gasteiger partial charge is 0.104 e. The summed E-state index contributed by atoms with van der Waals surface area (Å²) in [7, 11) is 0. The molecule has 0 aliphatic carbocycles. The highest BCUT2D eigenvalue weighted by molar-refractivity contribution is 5.17. The molecule has 0 rings (SSSR count). The van der Waals surface area contributed by atoms with E-state index in [4.69, 9.17) is 5.11 Å². The lowest BCUT2D eigenvalue weighted by Gasteiger charge is -1.73. The Bertz CT molecular complexity index is 217. The van der Waals surface area contributed by atoms with Gasteiger partial charge in [0.2, 0.25) is 0 Å². The third-order valence-corrected chi connectivity index (χ3v) is 0.904. The van der Waals surface area contributed by atoms with Crippen LogP contribution in [-0.4, -0.2) is 11.7 Å². The Kier molecular flexibility index (Phi) is 7.87. The van der Waals surface area contributed by atoms with Gasteiger partial charge in [0.1, 0.15) is 6.61 Å². The van der Waals surface area contributed by atoms with Crippen LogP contribution >= 0.6 is 0 Å². The summed E-state index contributed by atoms with van der Waals surface area (Å²) in [6.07, 6.45) is 5.23. The normalized spacial score (nSPS) is 8.18. The van der Waals surface area contributed by atoms with Crippen molar-refractivity contribution in [2.75, 3.05) is 6.61 Å². The molecule has 0 radical (unpaired) electrons. The minimum atomic E-state index is -0.0784. The Labute approximate surface area is 68.1 Å². The molecule has 0 fully saturated rings. The minimum absolute atomic E-state index is 0.0784. The first-order valence-corrected chi connectivity index (χ1v) is 3.61. The van der Waals surface area contributed by atoms with Crippen LogP contribution in [0.3, 0.4) is 0 Å². The van der Waals surface area contributed by atoms with Gasteiger partial charge in [-0.3, -0.25) is 0 Å². The SMILES string of the molecule is CCC#CC/C=C/C#CCO. The molecule has 0 heterocycles. The average Bonchev–Trinajstić information content (AvgIpc) is 2.03. The maximum absolute atomic E-state index is 8.27. The highest BCUT2D eigenvalue weighted by Crippen LogP contribution is 1.79. The number of rotatable bonds is 1. The summed E-state index contributed by atoms with van der Waals surface area (Å²) in [6.45, 7) is 1.94. The van der Waals surface area contributed by atoms with E-state index in [9.17, 15) is 0 Å². The lowest BCUT2D eigenvalue weighted by Crippen LogP contribution is -1.68. The Morgan fingerprint density at radius 2 is 2.09 bits per heavy atom. The number of hydrogen-bond donors (Lipinski definition) is 1. The van der Waals surface area contributed by atoms with Crippen LogP contribution in [0.25, 0.3) is 0 Å². The quantitative estimate of drug-likeness (QED) is 0.556. The molecule has 11 heavy (non-hydrogen) atoms. The van der Waals surface area contributed by atoms with Crippen molar-refractivity contribution in [1.82, 2.24) is 0 Å². The van der Waals surface area contributed by atoms with E-state index in [1.54, 1.807) is 6.08 Å². The molecular formula is C10H12O. The van der Waals surface area contributed by atoms with Crippen LogP contribution < -0.4 is 0 Å². The number of aliphatic hydroxyl groups excluding tert-OH is 1. The molecule has 0 spiro atoms. The summed E-state index contributed by atoms with van der Waals surface area (Å²) in [5, 5.41) is 8.27. The van der Waals surface area contributed by atoms with Crippen LogP contribution in [0.5, 0.6) is 0 Å². The van der Waals surface area contributed by atoms with Crippen LogP contribution in [0.4, 0.5) is 0 Å². The minimum Gasteiger partial charge on any atom is -0.384 e. The molecule has 0 saturated carbocycles. The summed E-state index contributed by atoms with van der Waals surface area (Å²) >= 11 is 0. The van der Waals surface area contributed by atoms with Gasteiger partial charge in [0.15, 0.2) is 0 Å². The van der Waals surface area contributed by atoms with E-state index in [0.29, 0.717) is 0 Å². The fraction of sp³-hybridized carbons (Fsp3) is 0.400. The third kappa shape index (κ3) is 8.82. The van der Waals surface area contributed by atoms with Gasteiger partial charge in [-0.05, 0) is 6.08 Å². The second-order valence-electron chi connectivity index (χ2n) is 1.79. The van der Waals surface area contributed by atoms with E-state index in [1.807, 2.05) is 13.0 Å². The molecule has 1 N–H and O–H groups in total. The lowest BCUT2D eigenvalue weighted by atomic mass is 10.3. The predicted octanol–water partition coefficient (Wildman–Crippen LogP) is 1.34. The first-order chi connectivity index (χ1) is 5.41. The van der Waals surface area contributed by atoms with Gasteiger partial charge in [-0.1, -0.05) is 30.8 Å². The molecule has 0 aliphatic rings. The standard InChI is InChI=1S/C10H12O/c1-2-3-4-5-6-7-8-9-10-11/h6-7,11H,2,5,10H2,1H3/b7-6+.